The van der Waals surface area contributed by atoms with E-state index in [0.29, 0.717) is 5.56 Å². The van der Waals surface area contributed by atoms with Crippen molar-refractivity contribution >= 4 is 11.8 Å². The summed E-state index contributed by atoms with van der Waals surface area (Å²) in [5, 5.41) is 9.20. The van der Waals surface area contributed by atoms with Crippen LogP contribution >= 0.6 is 11.8 Å². The first-order valence-corrected chi connectivity index (χ1v) is 6.14. The molecule has 17 heavy (non-hydrogen) atoms. The molecule has 0 saturated carbocycles. The van der Waals surface area contributed by atoms with E-state index in [0.717, 1.165) is 9.79 Å². The maximum atomic E-state index is 13.0. The predicted molar refractivity (Wildman–Crippen MR) is 67.6 cm³/mol. The minimum absolute atomic E-state index is 0.147. The highest BCUT2D eigenvalue weighted by atomic mass is 32.2. The Bertz CT molecular complexity index is 525. The Morgan fingerprint density at radius 2 is 2.00 bits per heavy atom. The fourth-order valence-corrected chi connectivity index (χ4v) is 2.61. The lowest BCUT2D eigenvalue weighted by Crippen LogP contribution is -1.89. The lowest BCUT2D eigenvalue weighted by Gasteiger charge is -2.07. The van der Waals surface area contributed by atoms with Gasteiger partial charge in [0.15, 0.2) is 0 Å². The molecule has 0 heterocycles. The van der Waals surface area contributed by atoms with E-state index in [-0.39, 0.29) is 12.4 Å². The lowest BCUT2D eigenvalue weighted by molar-refractivity contribution is 0.278. The minimum Gasteiger partial charge on any atom is -0.392 e. The zero-order valence-corrected chi connectivity index (χ0v) is 10.3. The number of hydrogen-bond donors (Lipinski definition) is 1. The third-order valence-electron chi connectivity index (χ3n) is 2.41. The molecule has 0 unspecified atom stereocenters. The first-order valence-electron chi connectivity index (χ1n) is 5.33. The van der Waals surface area contributed by atoms with Gasteiger partial charge >= 0.3 is 0 Å². The van der Waals surface area contributed by atoms with Crippen LogP contribution in [-0.4, -0.2) is 5.11 Å². The van der Waals surface area contributed by atoms with Gasteiger partial charge in [0.2, 0.25) is 0 Å². The van der Waals surface area contributed by atoms with Crippen LogP contribution in [0.4, 0.5) is 4.39 Å². The molecule has 0 radical (unpaired) electrons. The van der Waals surface area contributed by atoms with Crippen LogP contribution < -0.4 is 0 Å². The summed E-state index contributed by atoms with van der Waals surface area (Å²) in [6, 6.07) is 12.6. The third kappa shape index (κ3) is 3.08. The zero-order valence-electron chi connectivity index (χ0n) is 9.48. The highest BCUT2D eigenvalue weighted by Gasteiger charge is 2.05. The van der Waals surface area contributed by atoms with Crippen molar-refractivity contribution in [1.82, 2.24) is 0 Å². The van der Waals surface area contributed by atoms with Gasteiger partial charge in [-0.2, -0.15) is 0 Å². The molecule has 0 amide bonds. The van der Waals surface area contributed by atoms with Gasteiger partial charge in [0.1, 0.15) is 5.82 Å². The second-order valence-corrected chi connectivity index (χ2v) is 4.94. The van der Waals surface area contributed by atoms with E-state index >= 15 is 0 Å². The fraction of sp³-hybridized carbons (Fsp3) is 0.143. The van der Waals surface area contributed by atoms with Gasteiger partial charge in [-0.15, -0.1) is 0 Å². The van der Waals surface area contributed by atoms with Crippen molar-refractivity contribution in [3.63, 3.8) is 0 Å². The number of hydrogen-bond acceptors (Lipinski definition) is 2. The van der Waals surface area contributed by atoms with Crippen LogP contribution in [0.15, 0.2) is 52.3 Å². The normalized spacial score (nSPS) is 10.5. The van der Waals surface area contributed by atoms with Crippen LogP contribution in [0.5, 0.6) is 0 Å². The Hall–Kier alpha value is -1.32. The predicted octanol–water partition coefficient (Wildman–Crippen LogP) is 3.78. The lowest BCUT2D eigenvalue weighted by atomic mass is 10.2. The molecule has 0 bridgehead atoms. The number of aliphatic hydroxyl groups excluding tert-OH is 1. The average Bonchev–Trinajstić information content (AvgIpc) is 2.31. The quantitative estimate of drug-likeness (QED) is 0.892. The Morgan fingerprint density at radius 1 is 1.18 bits per heavy atom. The molecule has 0 aromatic heterocycles. The van der Waals surface area contributed by atoms with Gasteiger partial charge in [-0.3, -0.25) is 0 Å². The fourth-order valence-electron chi connectivity index (χ4n) is 1.58. The van der Waals surface area contributed by atoms with Crippen LogP contribution in [0.1, 0.15) is 11.1 Å². The summed E-state index contributed by atoms with van der Waals surface area (Å²) in [6.07, 6.45) is 0. The summed E-state index contributed by atoms with van der Waals surface area (Å²) in [5.74, 6) is -0.317. The van der Waals surface area contributed by atoms with Crippen molar-refractivity contribution in [2.24, 2.45) is 0 Å². The Balaban J connectivity index is 2.29. The van der Waals surface area contributed by atoms with E-state index in [4.69, 9.17) is 0 Å². The van der Waals surface area contributed by atoms with Crippen molar-refractivity contribution in [1.29, 1.82) is 0 Å². The van der Waals surface area contributed by atoms with Crippen molar-refractivity contribution in [3.8, 4) is 0 Å². The van der Waals surface area contributed by atoms with Crippen molar-refractivity contribution < 1.29 is 9.50 Å². The second-order valence-electron chi connectivity index (χ2n) is 3.83. The van der Waals surface area contributed by atoms with Crippen LogP contribution in [0, 0.1) is 12.7 Å². The number of benzene rings is 2. The number of halogens is 1. The molecule has 0 saturated heterocycles. The van der Waals surface area contributed by atoms with Crippen LogP contribution in [-0.2, 0) is 6.61 Å². The van der Waals surface area contributed by atoms with Crippen LogP contribution in [0.2, 0.25) is 0 Å². The molecule has 2 aromatic rings. The smallest absolute Gasteiger partial charge is 0.123 e. The van der Waals surface area contributed by atoms with Crippen molar-refractivity contribution in [3.05, 3.63) is 59.4 Å². The van der Waals surface area contributed by atoms with Gasteiger partial charge in [-0.25, -0.2) is 4.39 Å². The topological polar surface area (TPSA) is 20.2 Å². The number of aliphatic hydroxyl groups is 1. The highest BCUT2D eigenvalue weighted by Crippen LogP contribution is 2.31. The van der Waals surface area contributed by atoms with E-state index in [1.807, 2.05) is 25.1 Å². The van der Waals surface area contributed by atoms with E-state index in [9.17, 15) is 9.50 Å². The molecule has 1 nitrogen and oxygen atoms in total. The molecule has 0 aliphatic rings. The first kappa shape index (κ1) is 12.1. The van der Waals surface area contributed by atoms with E-state index < -0.39 is 0 Å². The molecule has 0 aliphatic carbocycles. The van der Waals surface area contributed by atoms with Gasteiger partial charge in [0, 0.05) is 9.79 Å². The van der Waals surface area contributed by atoms with Crippen molar-refractivity contribution in [2.75, 3.05) is 0 Å². The highest BCUT2D eigenvalue weighted by molar-refractivity contribution is 7.99. The Kier molecular flexibility index (Phi) is 3.82. The summed E-state index contributed by atoms with van der Waals surface area (Å²) < 4.78 is 13.0. The summed E-state index contributed by atoms with van der Waals surface area (Å²) in [4.78, 5) is 1.98. The third-order valence-corrected chi connectivity index (χ3v) is 3.52. The number of aryl methyl sites for hydroxylation is 1. The molecule has 1 N–H and O–H groups in total. The van der Waals surface area contributed by atoms with Gasteiger partial charge in [-0.05, 0) is 42.8 Å². The summed E-state index contributed by atoms with van der Waals surface area (Å²) in [7, 11) is 0. The maximum Gasteiger partial charge on any atom is 0.123 e. The van der Waals surface area contributed by atoms with E-state index in [1.54, 1.807) is 6.07 Å². The summed E-state index contributed by atoms with van der Waals surface area (Å²) in [5.41, 5.74) is 1.80. The second kappa shape index (κ2) is 5.34. The monoisotopic (exact) mass is 248 g/mol. The largest absolute Gasteiger partial charge is 0.392 e. The van der Waals surface area contributed by atoms with Gasteiger partial charge in [0.25, 0.3) is 0 Å². The van der Waals surface area contributed by atoms with Crippen molar-refractivity contribution in [2.45, 2.75) is 23.3 Å². The average molecular weight is 248 g/mol. The van der Waals surface area contributed by atoms with E-state index in [2.05, 4.69) is 6.07 Å². The molecule has 0 fully saturated rings. The molecule has 0 spiro atoms. The van der Waals surface area contributed by atoms with Crippen LogP contribution in [0.3, 0.4) is 0 Å². The molecule has 0 aliphatic heterocycles. The van der Waals surface area contributed by atoms with Gasteiger partial charge in [0.05, 0.1) is 6.61 Å². The van der Waals surface area contributed by atoms with Gasteiger partial charge < -0.3 is 5.11 Å². The standard InChI is InChI=1S/C14H13FOS/c1-10-3-2-4-13(7-10)17-14-6-5-12(15)8-11(14)9-16/h2-8,16H,9H2,1H3. The first-order chi connectivity index (χ1) is 8.19. The molecule has 88 valence electrons. The summed E-state index contributed by atoms with van der Waals surface area (Å²) in [6.45, 7) is 1.88. The zero-order chi connectivity index (χ0) is 12.3. The maximum absolute atomic E-state index is 13.0. The molecule has 3 heteroatoms. The minimum atomic E-state index is -0.317. The molecule has 2 rings (SSSR count). The summed E-state index contributed by atoms with van der Waals surface area (Å²) >= 11 is 1.53. The number of rotatable bonds is 3. The molecule has 0 atom stereocenters. The molecule has 2 aromatic carbocycles. The van der Waals surface area contributed by atoms with Crippen LogP contribution in [0.25, 0.3) is 0 Å². The van der Waals surface area contributed by atoms with E-state index in [1.165, 1.54) is 29.5 Å². The Labute approximate surface area is 104 Å². The molecular formula is C14H13FOS. The molecular weight excluding hydrogens is 235 g/mol. The SMILES string of the molecule is Cc1cccc(Sc2ccc(F)cc2CO)c1. The van der Waals surface area contributed by atoms with Gasteiger partial charge in [-0.1, -0.05) is 29.5 Å². The Morgan fingerprint density at radius 3 is 2.71 bits per heavy atom.